The summed E-state index contributed by atoms with van der Waals surface area (Å²) in [6, 6.07) is 9.78. The molecule has 27 heavy (non-hydrogen) atoms. The molecule has 140 valence electrons. The van der Waals surface area contributed by atoms with E-state index in [0.29, 0.717) is 28.9 Å². The van der Waals surface area contributed by atoms with Gasteiger partial charge in [0.05, 0.1) is 5.69 Å². The number of rotatable bonds is 4. The van der Waals surface area contributed by atoms with E-state index in [1.807, 2.05) is 25.1 Å². The predicted molar refractivity (Wildman–Crippen MR) is 104 cm³/mol. The van der Waals surface area contributed by atoms with Crippen molar-refractivity contribution in [3.8, 4) is 0 Å². The van der Waals surface area contributed by atoms with Crippen molar-refractivity contribution in [3.63, 3.8) is 0 Å². The van der Waals surface area contributed by atoms with Gasteiger partial charge < -0.3 is 15.1 Å². The number of aryl methyl sites for hydroxylation is 1. The first-order chi connectivity index (χ1) is 13.0. The number of nitrogens with one attached hydrogen (secondary N) is 1. The first-order valence-electron chi connectivity index (χ1n) is 9.03. The van der Waals surface area contributed by atoms with Crippen LogP contribution in [0.5, 0.6) is 0 Å². The largest absolute Gasteiger partial charge is 0.354 e. The highest BCUT2D eigenvalue weighted by Crippen LogP contribution is 2.22. The van der Waals surface area contributed by atoms with Crippen molar-refractivity contribution in [2.24, 2.45) is 0 Å². The molecule has 1 saturated heterocycles. The van der Waals surface area contributed by atoms with Gasteiger partial charge in [0.25, 0.3) is 5.91 Å². The van der Waals surface area contributed by atoms with Gasteiger partial charge in [-0.1, -0.05) is 6.07 Å². The van der Waals surface area contributed by atoms with Crippen LogP contribution in [0.2, 0.25) is 0 Å². The van der Waals surface area contributed by atoms with E-state index in [-0.39, 0.29) is 5.91 Å². The monoisotopic (exact) mass is 365 g/mol. The lowest BCUT2D eigenvalue weighted by molar-refractivity contribution is 0.101. The van der Waals surface area contributed by atoms with E-state index in [9.17, 15) is 4.79 Å². The van der Waals surface area contributed by atoms with Crippen molar-refractivity contribution >= 4 is 23.2 Å². The van der Waals surface area contributed by atoms with Crippen molar-refractivity contribution in [1.82, 2.24) is 24.5 Å². The fourth-order valence-electron chi connectivity index (χ4n) is 3.45. The lowest BCUT2D eigenvalue weighted by Gasteiger charge is -2.21. The van der Waals surface area contributed by atoms with Crippen LogP contribution in [-0.2, 0) is 0 Å². The molecule has 3 aromatic heterocycles. The zero-order chi connectivity index (χ0) is 19.0. The number of nitrogens with zero attached hydrogens (tertiary/aromatic N) is 6. The average molecular weight is 365 g/mol. The van der Waals surface area contributed by atoms with E-state index >= 15 is 0 Å². The molecule has 1 atom stereocenters. The normalized spacial score (nSPS) is 17.0. The van der Waals surface area contributed by atoms with Crippen LogP contribution in [-0.4, -0.2) is 63.6 Å². The number of aromatic nitrogens is 4. The summed E-state index contributed by atoms with van der Waals surface area (Å²) in [6.45, 7) is 3.69. The van der Waals surface area contributed by atoms with Gasteiger partial charge in [-0.25, -0.2) is 14.5 Å². The number of hydrogen-bond acceptors (Lipinski definition) is 6. The Morgan fingerprint density at radius 2 is 2.11 bits per heavy atom. The number of fused-ring (bicyclic) bond motifs is 1. The fraction of sp³-hybridized carbons (Fsp3) is 0.368. The Hall–Kier alpha value is -3.00. The van der Waals surface area contributed by atoms with Gasteiger partial charge >= 0.3 is 0 Å². The smallest absolute Gasteiger partial charge is 0.277 e. The van der Waals surface area contributed by atoms with Crippen molar-refractivity contribution in [2.75, 3.05) is 37.4 Å². The molecule has 4 heterocycles. The number of anilines is 2. The number of hydrogen-bond donors (Lipinski definition) is 1. The van der Waals surface area contributed by atoms with Gasteiger partial charge in [0.1, 0.15) is 11.6 Å². The number of likely N-dealkylation sites (N-methyl/N-ethyl adjacent to an activating group) is 1. The van der Waals surface area contributed by atoms with E-state index in [1.165, 1.54) is 0 Å². The van der Waals surface area contributed by atoms with Crippen molar-refractivity contribution < 1.29 is 4.79 Å². The minimum Gasteiger partial charge on any atom is -0.354 e. The summed E-state index contributed by atoms with van der Waals surface area (Å²) in [4.78, 5) is 25.9. The highest BCUT2D eigenvalue weighted by Gasteiger charge is 2.26. The SMILES string of the molecule is Cc1nc2ccc(N3CCC(N(C)C)C3)nn2c1C(=O)Nc1ccccn1. The number of amides is 1. The maximum Gasteiger partial charge on any atom is 0.277 e. The second-order valence-electron chi connectivity index (χ2n) is 7.03. The second kappa shape index (κ2) is 6.96. The first-order valence-corrected chi connectivity index (χ1v) is 9.03. The molecule has 0 radical (unpaired) electrons. The summed E-state index contributed by atoms with van der Waals surface area (Å²) in [5.74, 6) is 1.09. The van der Waals surface area contributed by atoms with Crippen molar-refractivity contribution in [3.05, 3.63) is 47.9 Å². The lowest BCUT2D eigenvalue weighted by atomic mass is 10.2. The van der Waals surface area contributed by atoms with Crippen LogP contribution in [0.15, 0.2) is 36.5 Å². The standard InChI is InChI=1S/C19H23N7O/c1-13-18(19(27)22-15-6-4-5-10-20-15)26-16(21-13)7-8-17(23-26)25-11-9-14(12-25)24(2)3/h4-8,10,14H,9,11-12H2,1-3H3,(H,20,22,27). The Kier molecular flexibility index (Phi) is 4.49. The Morgan fingerprint density at radius 1 is 1.26 bits per heavy atom. The van der Waals surface area contributed by atoms with Crippen molar-refractivity contribution in [1.29, 1.82) is 0 Å². The summed E-state index contributed by atoms with van der Waals surface area (Å²) >= 11 is 0. The molecule has 0 spiro atoms. The third kappa shape index (κ3) is 3.35. The number of pyridine rings is 1. The van der Waals surface area contributed by atoms with Gasteiger partial charge in [0.15, 0.2) is 11.3 Å². The van der Waals surface area contributed by atoms with Crippen LogP contribution >= 0.6 is 0 Å². The molecule has 1 N–H and O–H groups in total. The first kappa shape index (κ1) is 17.4. The molecule has 0 saturated carbocycles. The number of carbonyl (C=O) groups excluding carboxylic acids is 1. The van der Waals surface area contributed by atoms with Gasteiger partial charge in [0, 0.05) is 25.3 Å². The van der Waals surface area contributed by atoms with Crippen LogP contribution in [0.25, 0.3) is 5.65 Å². The highest BCUT2D eigenvalue weighted by atomic mass is 16.2. The maximum absolute atomic E-state index is 12.8. The van der Waals surface area contributed by atoms with Crippen LogP contribution in [0, 0.1) is 6.92 Å². The molecule has 1 aliphatic rings. The lowest BCUT2D eigenvalue weighted by Crippen LogP contribution is -2.32. The zero-order valence-corrected chi connectivity index (χ0v) is 15.8. The maximum atomic E-state index is 12.8. The highest BCUT2D eigenvalue weighted by molar-refractivity contribution is 6.03. The molecule has 1 fully saturated rings. The average Bonchev–Trinajstić information content (AvgIpc) is 3.26. The third-order valence-electron chi connectivity index (χ3n) is 4.98. The van der Waals surface area contributed by atoms with Crippen LogP contribution < -0.4 is 10.2 Å². The predicted octanol–water partition coefficient (Wildman–Crippen LogP) is 1.83. The second-order valence-corrected chi connectivity index (χ2v) is 7.03. The van der Waals surface area contributed by atoms with E-state index < -0.39 is 0 Å². The van der Waals surface area contributed by atoms with E-state index in [0.717, 1.165) is 25.3 Å². The zero-order valence-electron chi connectivity index (χ0n) is 15.8. The van der Waals surface area contributed by atoms with Gasteiger partial charge in [-0.2, -0.15) is 0 Å². The third-order valence-corrected chi connectivity index (χ3v) is 4.98. The molecule has 8 nitrogen and oxygen atoms in total. The molecule has 3 aromatic rings. The molecule has 8 heteroatoms. The molecule has 4 rings (SSSR count). The topological polar surface area (TPSA) is 78.7 Å². The summed E-state index contributed by atoms with van der Waals surface area (Å²) in [5, 5.41) is 7.53. The van der Waals surface area contributed by atoms with Crippen LogP contribution in [0.3, 0.4) is 0 Å². The Bertz CT molecular complexity index is 967. The van der Waals surface area contributed by atoms with Crippen LogP contribution in [0.4, 0.5) is 11.6 Å². The molecule has 0 aliphatic carbocycles. The Morgan fingerprint density at radius 3 is 2.81 bits per heavy atom. The molecule has 0 bridgehead atoms. The molecular formula is C19H23N7O. The molecule has 1 unspecified atom stereocenters. The van der Waals surface area contributed by atoms with E-state index in [4.69, 9.17) is 5.10 Å². The van der Waals surface area contributed by atoms with Crippen LogP contribution in [0.1, 0.15) is 22.6 Å². The molecular weight excluding hydrogens is 342 g/mol. The minimum absolute atomic E-state index is 0.268. The molecule has 1 aliphatic heterocycles. The number of carbonyl (C=O) groups is 1. The van der Waals surface area contributed by atoms with Gasteiger partial charge in [-0.3, -0.25) is 4.79 Å². The summed E-state index contributed by atoms with van der Waals surface area (Å²) < 4.78 is 1.63. The van der Waals surface area contributed by atoms with Gasteiger partial charge in [0.2, 0.25) is 0 Å². The van der Waals surface area contributed by atoms with E-state index in [1.54, 1.807) is 22.8 Å². The summed E-state index contributed by atoms with van der Waals surface area (Å²) in [7, 11) is 4.20. The quantitative estimate of drug-likeness (QED) is 0.760. The molecule has 1 amide bonds. The Balaban J connectivity index is 1.65. The Labute approximate surface area is 157 Å². The summed E-state index contributed by atoms with van der Waals surface area (Å²) in [6.07, 6.45) is 2.74. The summed E-state index contributed by atoms with van der Waals surface area (Å²) in [5.41, 5.74) is 1.73. The van der Waals surface area contributed by atoms with Crippen molar-refractivity contribution in [2.45, 2.75) is 19.4 Å². The number of imidazole rings is 1. The van der Waals surface area contributed by atoms with Gasteiger partial charge in [-0.15, -0.1) is 5.10 Å². The minimum atomic E-state index is -0.268. The van der Waals surface area contributed by atoms with Gasteiger partial charge in [-0.05, 0) is 51.7 Å². The fourth-order valence-corrected chi connectivity index (χ4v) is 3.45. The van der Waals surface area contributed by atoms with E-state index in [2.05, 4.69) is 39.2 Å². The molecule has 0 aromatic carbocycles.